The van der Waals surface area contributed by atoms with Crippen molar-refractivity contribution in [2.75, 3.05) is 39.2 Å². The number of hydrogen-bond acceptors (Lipinski definition) is 5. The summed E-state index contributed by atoms with van der Waals surface area (Å²) in [6.07, 6.45) is 2.54. The van der Waals surface area contributed by atoms with Crippen molar-refractivity contribution in [3.8, 4) is 0 Å². The molecule has 1 unspecified atom stereocenters. The van der Waals surface area contributed by atoms with Crippen LogP contribution in [-0.2, 0) is 9.47 Å². The van der Waals surface area contributed by atoms with Crippen molar-refractivity contribution in [1.82, 2.24) is 10.3 Å². The standard InChI is InChI=1S/C14H23N3O3/c1-4-7-15-11-5-6-13(16-8-11)14(18)17-9-12(20-3)10-19-2/h5-6,8,12,15H,4,7,9-10H2,1-3H3,(H,17,18). The Hall–Kier alpha value is -1.66. The number of pyridine rings is 1. The fourth-order valence-electron chi connectivity index (χ4n) is 1.60. The molecule has 1 aromatic rings. The van der Waals surface area contributed by atoms with Gasteiger partial charge in [-0.1, -0.05) is 6.92 Å². The lowest BCUT2D eigenvalue weighted by Gasteiger charge is -2.14. The number of hydrogen-bond donors (Lipinski definition) is 2. The normalized spacial score (nSPS) is 11.9. The molecule has 0 aromatic carbocycles. The molecular formula is C14H23N3O3. The van der Waals surface area contributed by atoms with Crippen molar-refractivity contribution < 1.29 is 14.3 Å². The molecule has 0 saturated carbocycles. The fraction of sp³-hybridized carbons (Fsp3) is 0.571. The highest BCUT2D eigenvalue weighted by Crippen LogP contribution is 2.06. The van der Waals surface area contributed by atoms with Crippen molar-refractivity contribution in [3.63, 3.8) is 0 Å². The molecule has 0 saturated heterocycles. The van der Waals surface area contributed by atoms with Crippen molar-refractivity contribution in [3.05, 3.63) is 24.0 Å². The van der Waals surface area contributed by atoms with E-state index in [2.05, 4.69) is 22.5 Å². The number of rotatable bonds is 9. The van der Waals surface area contributed by atoms with Gasteiger partial charge in [0.05, 0.1) is 24.6 Å². The smallest absolute Gasteiger partial charge is 0.269 e. The van der Waals surface area contributed by atoms with Gasteiger partial charge in [0.15, 0.2) is 0 Å². The number of methoxy groups -OCH3 is 2. The molecule has 0 fully saturated rings. The summed E-state index contributed by atoms with van der Waals surface area (Å²) >= 11 is 0. The Morgan fingerprint density at radius 2 is 2.20 bits per heavy atom. The highest BCUT2D eigenvalue weighted by molar-refractivity contribution is 5.92. The van der Waals surface area contributed by atoms with E-state index in [1.165, 1.54) is 0 Å². The predicted octanol–water partition coefficient (Wildman–Crippen LogP) is 1.29. The zero-order valence-corrected chi connectivity index (χ0v) is 12.3. The first-order valence-electron chi connectivity index (χ1n) is 6.71. The first-order chi connectivity index (χ1) is 9.71. The molecule has 1 atom stereocenters. The quantitative estimate of drug-likeness (QED) is 0.713. The SMILES string of the molecule is CCCNc1ccc(C(=O)NCC(COC)OC)nc1. The van der Waals surface area contributed by atoms with Crippen LogP contribution in [0.1, 0.15) is 23.8 Å². The van der Waals surface area contributed by atoms with Crippen LogP contribution in [0.25, 0.3) is 0 Å². The minimum atomic E-state index is -0.217. The molecule has 0 radical (unpaired) electrons. The van der Waals surface area contributed by atoms with Gasteiger partial charge in [-0.3, -0.25) is 4.79 Å². The maximum absolute atomic E-state index is 11.9. The number of nitrogens with zero attached hydrogens (tertiary/aromatic N) is 1. The van der Waals surface area contributed by atoms with Gasteiger partial charge in [-0.05, 0) is 18.6 Å². The molecule has 0 bridgehead atoms. The van der Waals surface area contributed by atoms with E-state index in [4.69, 9.17) is 9.47 Å². The highest BCUT2D eigenvalue weighted by atomic mass is 16.5. The molecule has 1 amide bonds. The van der Waals surface area contributed by atoms with Gasteiger partial charge in [-0.15, -0.1) is 0 Å². The summed E-state index contributed by atoms with van der Waals surface area (Å²) in [4.78, 5) is 16.0. The lowest BCUT2D eigenvalue weighted by molar-refractivity contribution is 0.0285. The van der Waals surface area contributed by atoms with Crippen LogP contribution in [0.3, 0.4) is 0 Å². The van der Waals surface area contributed by atoms with Gasteiger partial charge in [0.25, 0.3) is 5.91 Å². The van der Waals surface area contributed by atoms with Gasteiger partial charge >= 0.3 is 0 Å². The van der Waals surface area contributed by atoms with Gasteiger partial charge in [-0.2, -0.15) is 0 Å². The number of amides is 1. The molecule has 0 aliphatic carbocycles. The van der Waals surface area contributed by atoms with Gasteiger partial charge < -0.3 is 20.1 Å². The van der Waals surface area contributed by atoms with E-state index < -0.39 is 0 Å². The number of nitrogens with one attached hydrogen (secondary N) is 2. The average molecular weight is 281 g/mol. The molecular weight excluding hydrogens is 258 g/mol. The topological polar surface area (TPSA) is 72.5 Å². The average Bonchev–Trinajstić information content (AvgIpc) is 2.49. The Morgan fingerprint density at radius 1 is 1.40 bits per heavy atom. The second-order valence-electron chi connectivity index (χ2n) is 4.38. The van der Waals surface area contributed by atoms with E-state index in [0.717, 1.165) is 18.7 Å². The number of carbonyl (C=O) groups is 1. The lowest BCUT2D eigenvalue weighted by atomic mass is 10.3. The van der Waals surface area contributed by atoms with Gasteiger partial charge in [0.2, 0.25) is 0 Å². The van der Waals surface area contributed by atoms with E-state index in [1.807, 2.05) is 6.07 Å². The highest BCUT2D eigenvalue weighted by Gasteiger charge is 2.11. The predicted molar refractivity (Wildman–Crippen MR) is 78.0 cm³/mol. The van der Waals surface area contributed by atoms with E-state index in [-0.39, 0.29) is 12.0 Å². The third-order valence-electron chi connectivity index (χ3n) is 2.75. The largest absolute Gasteiger partial charge is 0.384 e. The van der Waals surface area contributed by atoms with Crippen LogP contribution in [0, 0.1) is 0 Å². The molecule has 1 heterocycles. The van der Waals surface area contributed by atoms with E-state index >= 15 is 0 Å². The first-order valence-corrected chi connectivity index (χ1v) is 6.71. The summed E-state index contributed by atoms with van der Waals surface area (Å²) in [5.41, 5.74) is 1.30. The Labute approximate surface area is 119 Å². The molecule has 1 rings (SSSR count). The number of carbonyl (C=O) groups excluding carboxylic acids is 1. The van der Waals surface area contributed by atoms with Crippen molar-refractivity contribution in [2.24, 2.45) is 0 Å². The summed E-state index contributed by atoms with van der Waals surface area (Å²) in [7, 11) is 3.18. The van der Waals surface area contributed by atoms with Crippen LogP contribution < -0.4 is 10.6 Å². The molecule has 6 heteroatoms. The van der Waals surface area contributed by atoms with E-state index in [0.29, 0.717) is 18.8 Å². The molecule has 112 valence electrons. The molecule has 2 N–H and O–H groups in total. The lowest BCUT2D eigenvalue weighted by Crippen LogP contribution is -2.35. The van der Waals surface area contributed by atoms with Crippen LogP contribution in [-0.4, -0.2) is 50.9 Å². The first kappa shape index (κ1) is 16.4. The summed E-state index contributed by atoms with van der Waals surface area (Å²) < 4.78 is 10.2. The number of aromatic nitrogens is 1. The monoisotopic (exact) mass is 281 g/mol. The van der Waals surface area contributed by atoms with Gasteiger partial charge in [-0.25, -0.2) is 4.98 Å². The Balaban J connectivity index is 2.46. The van der Waals surface area contributed by atoms with Crippen LogP contribution in [0.15, 0.2) is 18.3 Å². The number of anilines is 1. The van der Waals surface area contributed by atoms with Gasteiger partial charge in [0.1, 0.15) is 5.69 Å². The summed E-state index contributed by atoms with van der Waals surface area (Å²) in [6, 6.07) is 3.55. The fourth-order valence-corrected chi connectivity index (χ4v) is 1.60. The summed E-state index contributed by atoms with van der Waals surface area (Å²) in [5, 5.41) is 5.98. The Bertz CT molecular complexity index is 395. The zero-order chi connectivity index (χ0) is 14.8. The van der Waals surface area contributed by atoms with Gasteiger partial charge in [0, 0.05) is 27.3 Å². The molecule has 0 aliphatic rings. The molecule has 6 nitrogen and oxygen atoms in total. The Kier molecular flexibility index (Phi) is 7.60. The molecule has 20 heavy (non-hydrogen) atoms. The summed E-state index contributed by atoms with van der Waals surface area (Å²) in [6.45, 7) is 3.80. The van der Waals surface area contributed by atoms with Crippen LogP contribution in [0.4, 0.5) is 5.69 Å². The van der Waals surface area contributed by atoms with Crippen LogP contribution >= 0.6 is 0 Å². The van der Waals surface area contributed by atoms with Crippen LogP contribution in [0.2, 0.25) is 0 Å². The number of ether oxygens (including phenoxy) is 2. The van der Waals surface area contributed by atoms with E-state index in [9.17, 15) is 4.79 Å². The zero-order valence-electron chi connectivity index (χ0n) is 12.3. The minimum absolute atomic E-state index is 0.158. The van der Waals surface area contributed by atoms with Crippen molar-refractivity contribution in [2.45, 2.75) is 19.4 Å². The maximum Gasteiger partial charge on any atom is 0.269 e. The van der Waals surface area contributed by atoms with E-state index in [1.54, 1.807) is 26.5 Å². The Morgan fingerprint density at radius 3 is 2.75 bits per heavy atom. The molecule has 0 aliphatic heterocycles. The second kappa shape index (κ2) is 9.28. The van der Waals surface area contributed by atoms with Crippen LogP contribution in [0.5, 0.6) is 0 Å². The third kappa shape index (κ3) is 5.54. The van der Waals surface area contributed by atoms with Crippen molar-refractivity contribution in [1.29, 1.82) is 0 Å². The van der Waals surface area contributed by atoms with Crippen molar-refractivity contribution >= 4 is 11.6 Å². The molecule has 0 spiro atoms. The summed E-state index contributed by atoms with van der Waals surface area (Å²) in [5.74, 6) is -0.217. The second-order valence-corrected chi connectivity index (χ2v) is 4.38. The maximum atomic E-state index is 11.9. The minimum Gasteiger partial charge on any atom is -0.384 e. The molecule has 1 aromatic heterocycles. The third-order valence-corrected chi connectivity index (χ3v) is 2.75.